The molecule has 1 N–H and O–H groups in total. The molecule has 0 aromatic heterocycles. The van der Waals surface area contributed by atoms with Crippen molar-refractivity contribution in [3.8, 4) is 0 Å². The molecule has 0 saturated carbocycles. The smallest absolute Gasteiger partial charge is 0.221 e. The number of hydrogen-bond donors (Lipinski definition) is 1. The summed E-state index contributed by atoms with van der Waals surface area (Å²) in [6.45, 7) is 0.453. The minimum absolute atomic E-state index is 0.0521. The van der Waals surface area contributed by atoms with E-state index in [9.17, 15) is 13.2 Å². The topological polar surface area (TPSA) is 63.2 Å². The van der Waals surface area contributed by atoms with Crippen LogP contribution in [0.3, 0.4) is 0 Å². The van der Waals surface area contributed by atoms with Gasteiger partial charge in [-0.25, -0.2) is 8.42 Å². The van der Waals surface area contributed by atoms with Gasteiger partial charge in [-0.3, -0.25) is 4.79 Å². The second kappa shape index (κ2) is 9.22. The first kappa shape index (κ1) is 19.8. The van der Waals surface area contributed by atoms with Gasteiger partial charge in [0, 0.05) is 23.0 Å². The van der Waals surface area contributed by atoms with Gasteiger partial charge in [0.05, 0.1) is 11.5 Å². The van der Waals surface area contributed by atoms with Crippen LogP contribution in [-0.2, 0) is 26.8 Å². The Labute approximate surface area is 158 Å². The van der Waals surface area contributed by atoms with E-state index in [4.69, 9.17) is 23.2 Å². The molecule has 0 aliphatic rings. The van der Waals surface area contributed by atoms with Crippen LogP contribution in [0.15, 0.2) is 48.5 Å². The minimum Gasteiger partial charge on any atom is -0.356 e. The Morgan fingerprint density at radius 3 is 2.36 bits per heavy atom. The van der Waals surface area contributed by atoms with E-state index in [1.54, 1.807) is 36.4 Å². The van der Waals surface area contributed by atoms with Crippen molar-refractivity contribution in [2.45, 2.75) is 18.6 Å². The number of hydrogen-bond acceptors (Lipinski definition) is 3. The Hall–Kier alpha value is -1.56. The monoisotopic (exact) mass is 399 g/mol. The van der Waals surface area contributed by atoms with Gasteiger partial charge in [-0.2, -0.15) is 0 Å². The van der Waals surface area contributed by atoms with E-state index in [0.717, 1.165) is 5.56 Å². The molecule has 0 aliphatic heterocycles. The van der Waals surface area contributed by atoms with Gasteiger partial charge in [0.15, 0.2) is 9.84 Å². The molecule has 25 heavy (non-hydrogen) atoms. The van der Waals surface area contributed by atoms with Crippen molar-refractivity contribution in [3.63, 3.8) is 0 Å². The number of amides is 1. The van der Waals surface area contributed by atoms with E-state index in [1.807, 2.05) is 12.1 Å². The molecular formula is C18H19Cl2NO3S. The van der Waals surface area contributed by atoms with Crippen molar-refractivity contribution < 1.29 is 13.2 Å². The summed E-state index contributed by atoms with van der Waals surface area (Å²) in [5.41, 5.74) is 1.67. The highest BCUT2D eigenvalue weighted by atomic mass is 35.5. The molecule has 0 radical (unpaired) electrons. The molecule has 0 unspecified atom stereocenters. The number of benzene rings is 2. The zero-order valence-corrected chi connectivity index (χ0v) is 15.9. The maximum absolute atomic E-state index is 12.1. The molecule has 0 atom stereocenters. The van der Waals surface area contributed by atoms with Crippen LogP contribution < -0.4 is 5.32 Å². The Kier molecular flexibility index (Phi) is 7.29. The lowest BCUT2D eigenvalue weighted by atomic mass is 10.1. The number of sulfone groups is 1. The molecule has 2 rings (SSSR count). The Morgan fingerprint density at radius 1 is 0.960 bits per heavy atom. The predicted molar refractivity (Wildman–Crippen MR) is 102 cm³/mol. The lowest BCUT2D eigenvalue weighted by molar-refractivity contribution is -0.120. The van der Waals surface area contributed by atoms with Crippen LogP contribution in [0, 0.1) is 0 Å². The Bertz CT molecular complexity index is 820. The Balaban J connectivity index is 1.74. The number of halogens is 2. The third kappa shape index (κ3) is 7.46. The molecule has 0 heterocycles. The number of carbonyl (C=O) groups is 1. The van der Waals surface area contributed by atoms with Crippen molar-refractivity contribution in [1.82, 2.24) is 5.32 Å². The summed E-state index contributed by atoms with van der Waals surface area (Å²) >= 11 is 11.7. The average Bonchev–Trinajstić information content (AvgIpc) is 2.55. The van der Waals surface area contributed by atoms with Crippen molar-refractivity contribution in [3.05, 3.63) is 69.7 Å². The van der Waals surface area contributed by atoms with E-state index in [0.29, 0.717) is 28.6 Å². The van der Waals surface area contributed by atoms with E-state index >= 15 is 0 Å². The summed E-state index contributed by atoms with van der Waals surface area (Å²) in [5.74, 6) is -0.582. The van der Waals surface area contributed by atoms with Crippen LogP contribution in [-0.4, -0.2) is 26.6 Å². The highest BCUT2D eigenvalue weighted by Crippen LogP contribution is 2.14. The van der Waals surface area contributed by atoms with Crippen LogP contribution >= 0.6 is 23.2 Å². The summed E-state index contributed by atoms with van der Waals surface area (Å²) in [7, 11) is -3.36. The van der Waals surface area contributed by atoms with Gasteiger partial charge in [-0.1, -0.05) is 47.5 Å². The molecule has 1 amide bonds. The van der Waals surface area contributed by atoms with Gasteiger partial charge in [0.2, 0.25) is 5.91 Å². The first-order chi connectivity index (χ1) is 11.8. The summed E-state index contributed by atoms with van der Waals surface area (Å²) in [5, 5.41) is 3.89. The highest BCUT2D eigenvalue weighted by molar-refractivity contribution is 7.90. The minimum atomic E-state index is -3.36. The van der Waals surface area contributed by atoms with Gasteiger partial charge >= 0.3 is 0 Å². The normalized spacial score (nSPS) is 11.3. The molecule has 0 fully saturated rings. The van der Waals surface area contributed by atoms with Gasteiger partial charge in [-0.15, -0.1) is 0 Å². The van der Waals surface area contributed by atoms with E-state index < -0.39 is 9.84 Å². The zero-order chi connectivity index (χ0) is 18.3. The van der Waals surface area contributed by atoms with Crippen LogP contribution in [0.2, 0.25) is 10.0 Å². The number of nitrogens with one attached hydrogen (secondary N) is 1. The third-order valence-corrected chi connectivity index (χ3v) is 5.65. The second-order valence-electron chi connectivity index (χ2n) is 5.70. The van der Waals surface area contributed by atoms with Gasteiger partial charge in [-0.05, 0) is 41.8 Å². The van der Waals surface area contributed by atoms with Crippen molar-refractivity contribution in [1.29, 1.82) is 0 Å². The summed E-state index contributed by atoms with van der Waals surface area (Å²) in [6.07, 6.45) is 0.613. The maximum atomic E-state index is 12.1. The molecule has 0 bridgehead atoms. The first-order valence-electron chi connectivity index (χ1n) is 7.80. The number of rotatable bonds is 8. The fourth-order valence-electron chi connectivity index (χ4n) is 2.29. The van der Waals surface area contributed by atoms with Gasteiger partial charge in [0.1, 0.15) is 0 Å². The SMILES string of the molecule is O=C(CCS(=O)(=O)Cc1cccc(Cl)c1)NCCc1ccc(Cl)cc1. The quantitative estimate of drug-likeness (QED) is 0.736. The van der Waals surface area contributed by atoms with Crippen LogP contribution in [0.1, 0.15) is 17.5 Å². The molecule has 2 aromatic rings. The second-order valence-corrected chi connectivity index (χ2v) is 8.76. The lowest BCUT2D eigenvalue weighted by Gasteiger charge is -2.07. The van der Waals surface area contributed by atoms with Gasteiger partial charge in [0.25, 0.3) is 0 Å². The van der Waals surface area contributed by atoms with Crippen molar-refractivity contribution in [2.24, 2.45) is 0 Å². The largest absolute Gasteiger partial charge is 0.356 e. The molecule has 4 nitrogen and oxygen atoms in total. The predicted octanol–water partition coefficient (Wildman–Crippen LogP) is 3.66. The van der Waals surface area contributed by atoms with E-state index in [2.05, 4.69) is 5.32 Å². The van der Waals surface area contributed by atoms with E-state index in [1.165, 1.54) is 0 Å². The molecule has 0 saturated heterocycles. The molecule has 0 aliphatic carbocycles. The zero-order valence-electron chi connectivity index (χ0n) is 13.5. The molecule has 0 spiro atoms. The van der Waals surface area contributed by atoms with Gasteiger partial charge < -0.3 is 5.32 Å². The first-order valence-corrected chi connectivity index (χ1v) is 10.4. The lowest BCUT2D eigenvalue weighted by Crippen LogP contribution is -2.27. The Morgan fingerprint density at radius 2 is 1.68 bits per heavy atom. The standard InChI is InChI=1S/C18H19Cl2NO3S/c19-16-6-4-14(5-7-16)8-10-21-18(22)9-11-25(23,24)13-15-2-1-3-17(20)12-15/h1-7,12H,8-11,13H2,(H,21,22). The van der Waals surface area contributed by atoms with Crippen LogP contribution in [0.4, 0.5) is 0 Å². The van der Waals surface area contributed by atoms with Crippen LogP contribution in [0.5, 0.6) is 0 Å². The molecule has 7 heteroatoms. The third-order valence-electron chi connectivity index (χ3n) is 3.56. The summed E-state index contributed by atoms with van der Waals surface area (Å²) < 4.78 is 24.2. The van der Waals surface area contributed by atoms with Crippen LogP contribution in [0.25, 0.3) is 0 Å². The molecular weight excluding hydrogens is 381 g/mol. The van der Waals surface area contributed by atoms with Crippen molar-refractivity contribution >= 4 is 38.9 Å². The van der Waals surface area contributed by atoms with Crippen molar-refractivity contribution in [2.75, 3.05) is 12.3 Å². The maximum Gasteiger partial charge on any atom is 0.221 e. The number of carbonyl (C=O) groups excluding carboxylic acids is 1. The summed E-state index contributed by atoms with van der Waals surface area (Å²) in [6, 6.07) is 14.1. The molecule has 2 aromatic carbocycles. The fourth-order valence-corrected chi connectivity index (χ4v) is 3.95. The molecule has 134 valence electrons. The highest BCUT2D eigenvalue weighted by Gasteiger charge is 2.14. The fraction of sp³-hybridized carbons (Fsp3) is 0.278. The average molecular weight is 400 g/mol. The van der Waals surface area contributed by atoms with E-state index in [-0.39, 0.29) is 23.8 Å². The summed E-state index contributed by atoms with van der Waals surface area (Å²) in [4.78, 5) is 11.8.